The molecule has 168 valence electrons. The van der Waals surface area contributed by atoms with Crippen LogP contribution in [-0.2, 0) is 14.8 Å². The fourth-order valence-corrected chi connectivity index (χ4v) is 4.31. The number of anilines is 1. The van der Waals surface area contributed by atoms with Gasteiger partial charge in [0.1, 0.15) is 16.6 Å². The van der Waals surface area contributed by atoms with Crippen LogP contribution in [0.25, 0.3) is 0 Å². The molecule has 0 aliphatic carbocycles. The Labute approximate surface area is 181 Å². The number of likely N-dealkylation sites (tertiary alicyclic amines) is 1. The van der Waals surface area contributed by atoms with Crippen LogP contribution in [0.3, 0.4) is 0 Å². The first-order valence-corrected chi connectivity index (χ1v) is 11.1. The third-order valence-electron chi connectivity index (χ3n) is 4.29. The minimum Gasteiger partial charge on any atom is -0.444 e. The molecular formula is C19H27N7O4S. The van der Waals surface area contributed by atoms with Crippen molar-refractivity contribution in [2.24, 2.45) is 10.8 Å². The number of hydrogen-bond donors (Lipinski definition) is 4. The van der Waals surface area contributed by atoms with E-state index in [1.165, 1.54) is 12.1 Å². The Morgan fingerprint density at radius 2 is 1.94 bits per heavy atom. The summed E-state index contributed by atoms with van der Waals surface area (Å²) in [5.74, 6) is -0.537. The van der Waals surface area contributed by atoms with E-state index in [-0.39, 0.29) is 22.3 Å². The van der Waals surface area contributed by atoms with Crippen LogP contribution in [0.4, 0.5) is 10.5 Å². The molecular weight excluding hydrogens is 422 g/mol. The number of rotatable bonds is 6. The largest absolute Gasteiger partial charge is 0.444 e. The molecule has 1 aromatic rings. The molecule has 0 unspecified atom stereocenters. The van der Waals surface area contributed by atoms with E-state index in [1.807, 2.05) is 0 Å². The molecule has 12 heteroatoms. The van der Waals surface area contributed by atoms with Crippen LogP contribution in [0.5, 0.6) is 0 Å². The summed E-state index contributed by atoms with van der Waals surface area (Å²) in [6, 6.07) is 7.35. The topological polar surface area (TPSA) is 174 Å². The average molecular weight is 450 g/mol. The number of hydrogen-bond acceptors (Lipinski definition) is 8. The SMILES string of the molecule is CC(C)(C)OC(=O)N1CCC(NS(=O)(=O)c2ccccc2N/N=C(\C#N)C(=N)N)CC1. The number of amidine groups is 1. The molecule has 0 aromatic heterocycles. The lowest BCUT2D eigenvalue weighted by molar-refractivity contribution is 0.0203. The number of hydrazone groups is 1. The molecule has 1 amide bonds. The van der Waals surface area contributed by atoms with Crippen LogP contribution >= 0.6 is 0 Å². The maximum Gasteiger partial charge on any atom is 0.410 e. The van der Waals surface area contributed by atoms with Gasteiger partial charge in [0.25, 0.3) is 0 Å². The molecule has 1 fully saturated rings. The van der Waals surface area contributed by atoms with Crippen molar-refractivity contribution in [1.29, 1.82) is 10.7 Å². The molecule has 1 saturated heterocycles. The zero-order valence-electron chi connectivity index (χ0n) is 17.7. The van der Waals surface area contributed by atoms with Gasteiger partial charge in [0.2, 0.25) is 15.7 Å². The molecule has 11 nitrogen and oxygen atoms in total. The fraction of sp³-hybridized carbons (Fsp3) is 0.474. The highest BCUT2D eigenvalue weighted by Crippen LogP contribution is 2.23. The van der Waals surface area contributed by atoms with Gasteiger partial charge in [0, 0.05) is 19.1 Å². The Kier molecular flexibility index (Phi) is 7.59. The van der Waals surface area contributed by atoms with E-state index < -0.39 is 27.6 Å². The van der Waals surface area contributed by atoms with Crippen molar-refractivity contribution >= 4 is 33.4 Å². The number of nitriles is 1. The standard InChI is InChI=1S/C19H27N7O4S/c1-19(2,3)30-18(27)26-10-8-13(9-11-26)25-31(28,29)16-7-5-4-6-14(16)23-24-15(12-20)17(21)22/h4-7,13,23,25H,8-11H2,1-3H3,(H3,21,22)/b24-15+. The van der Waals surface area contributed by atoms with Gasteiger partial charge < -0.3 is 15.4 Å². The number of amides is 1. The normalized spacial score (nSPS) is 15.8. The van der Waals surface area contributed by atoms with Gasteiger partial charge >= 0.3 is 6.09 Å². The van der Waals surface area contributed by atoms with E-state index in [9.17, 15) is 13.2 Å². The number of nitrogens with one attached hydrogen (secondary N) is 3. The molecule has 0 radical (unpaired) electrons. The average Bonchev–Trinajstić information content (AvgIpc) is 2.67. The van der Waals surface area contributed by atoms with Crippen LogP contribution in [0.15, 0.2) is 34.3 Å². The number of benzene rings is 1. The third-order valence-corrected chi connectivity index (χ3v) is 5.87. The smallest absolute Gasteiger partial charge is 0.410 e. The van der Waals surface area contributed by atoms with E-state index in [1.54, 1.807) is 43.9 Å². The summed E-state index contributed by atoms with van der Waals surface area (Å²) in [6.45, 7) is 6.11. The monoisotopic (exact) mass is 449 g/mol. The number of sulfonamides is 1. The summed E-state index contributed by atoms with van der Waals surface area (Å²) >= 11 is 0. The number of piperidine rings is 1. The highest BCUT2D eigenvalue weighted by molar-refractivity contribution is 7.89. The number of para-hydroxylation sites is 1. The number of carbonyl (C=O) groups excluding carboxylic acids is 1. The number of nitrogens with two attached hydrogens (primary N) is 1. The second-order valence-corrected chi connectivity index (χ2v) is 9.64. The minimum atomic E-state index is -3.92. The van der Waals surface area contributed by atoms with Crippen molar-refractivity contribution in [2.45, 2.75) is 50.2 Å². The van der Waals surface area contributed by atoms with E-state index in [2.05, 4.69) is 15.2 Å². The Morgan fingerprint density at radius 3 is 2.48 bits per heavy atom. The first-order valence-electron chi connectivity index (χ1n) is 9.60. The quantitative estimate of drug-likeness (QED) is 0.290. The molecule has 1 aliphatic heterocycles. The van der Waals surface area contributed by atoms with Crippen molar-refractivity contribution in [3.05, 3.63) is 24.3 Å². The number of ether oxygens (including phenoxy) is 1. The van der Waals surface area contributed by atoms with Gasteiger partial charge in [-0.25, -0.2) is 17.9 Å². The summed E-state index contributed by atoms with van der Waals surface area (Å²) < 4.78 is 33.9. The van der Waals surface area contributed by atoms with Gasteiger partial charge in [0.05, 0.1) is 5.69 Å². The van der Waals surface area contributed by atoms with E-state index in [4.69, 9.17) is 21.1 Å². The molecule has 0 bridgehead atoms. The van der Waals surface area contributed by atoms with Gasteiger partial charge in [-0.1, -0.05) is 12.1 Å². The van der Waals surface area contributed by atoms with Crippen LogP contribution in [0, 0.1) is 16.7 Å². The number of carbonyl (C=O) groups is 1. The molecule has 0 atom stereocenters. The van der Waals surface area contributed by atoms with Crippen LogP contribution in [0.1, 0.15) is 33.6 Å². The third kappa shape index (κ3) is 6.94. The zero-order chi connectivity index (χ0) is 23.2. The van der Waals surface area contributed by atoms with Gasteiger partial charge in [0.15, 0.2) is 5.84 Å². The molecule has 0 saturated carbocycles. The molecule has 2 rings (SSSR count). The Hall–Kier alpha value is -3.17. The molecule has 0 spiro atoms. The van der Waals surface area contributed by atoms with E-state index in [0.717, 1.165) is 0 Å². The Bertz CT molecular complexity index is 1000. The minimum absolute atomic E-state index is 0.0610. The Morgan fingerprint density at radius 1 is 1.32 bits per heavy atom. The first kappa shape index (κ1) is 24.1. The van der Waals surface area contributed by atoms with Crippen molar-refractivity contribution in [2.75, 3.05) is 18.5 Å². The predicted molar refractivity (Wildman–Crippen MR) is 116 cm³/mol. The lowest BCUT2D eigenvalue weighted by atomic mass is 10.1. The van der Waals surface area contributed by atoms with Crippen molar-refractivity contribution in [1.82, 2.24) is 9.62 Å². The zero-order valence-corrected chi connectivity index (χ0v) is 18.5. The molecule has 5 N–H and O–H groups in total. The number of nitrogens with zero attached hydrogens (tertiary/aromatic N) is 3. The van der Waals surface area contributed by atoms with Crippen molar-refractivity contribution in [3.8, 4) is 6.07 Å². The highest BCUT2D eigenvalue weighted by Gasteiger charge is 2.30. The van der Waals surface area contributed by atoms with Crippen LogP contribution in [-0.4, -0.2) is 55.7 Å². The molecule has 1 aromatic carbocycles. The molecule has 1 aliphatic rings. The summed E-state index contributed by atoms with van der Waals surface area (Å²) in [7, 11) is -3.92. The summed E-state index contributed by atoms with van der Waals surface area (Å²) in [5, 5.41) is 19.9. The second kappa shape index (κ2) is 9.76. The maximum atomic E-state index is 12.9. The lowest BCUT2D eigenvalue weighted by Gasteiger charge is -2.33. The summed E-state index contributed by atoms with van der Waals surface area (Å²) in [5.41, 5.74) is 6.91. The van der Waals surface area contributed by atoms with Crippen LogP contribution in [0.2, 0.25) is 0 Å². The van der Waals surface area contributed by atoms with Crippen molar-refractivity contribution in [3.63, 3.8) is 0 Å². The van der Waals surface area contributed by atoms with Gasteiger partial charge in [-0.15, -0.1) is 0 Å². The van der Waals surface area contributed by atoms with Gasteiger partial charge in [-0.05, 0) is 45.7 Å². The van der Waals surface area contributed by atoms with E-state index in [0.29, 0.717) is 25.9 Å². The van der Waals surface area contributed by atoms with Crippen LogP contribution < -0.4 is 15.9 Å². The maximum absolute atomic E-state index is 12.9. The predicted octanol–water partition coefficient (Wildman–Crippen LogP) is 1.59. The highest BCUT2D eigenvalue weighted by atomic mass is 32.2. The fourth-order valence-electron chi connectivity index (χ4n) is 2.84. The second-order valence-electron chi connectivity index (χ2n) is 7.96. The van der Waals surface area contributed by atoms with Gasteiger partial charge in [-0.2, -0.15) is 10.4 Å². The van der Waals surface area contributed by atoms with Crippen molar-refractivity contribution < 1.29 is 17.9 Å². The molecule has 1 heterocycles. The lowest BCUT2D eigenvalue weighted by Crippen LogP contribution is -2.47. The summed E-state index contributed by atoms with van der Waals surface area (Å²) in [4.78, 5) is 13.7. The molecule has 31 heavy (non-hydrogen) atoms. The van der Waals surface area contributed by atoms with Gasteiger partial charge in [-0.3, -0.25) is 10.8 Å². The van der Waals surface area contributed by atoms with E-state index >= 15 is 0 Å². The first-order chi connectivity index (χ1) is 14.4. The summed E-state index contributed by atoms with van der Waals surface area (Å²) in [6.07, 6.45) is 0.463. The Balaban J connectivity index is 2.07.